The third-order valence-corrected chi connectivity index (χ3v) is 3.15. The van der Waals surface area contributed by atoms with E-state index >= 15 is 0 Å². The van der Waals surface area contributed by atoms with Gasteiger partial charge in [-0.05, 0) is 52.3 Å². The molecule has 0 atom stereocenters. The van der Waals surface area contributed by atoms with Gasteiger partial charge in [-0.2, -0.15) is 0 Å². The van der Waals surface area contributed by atoms with Gasteiger partial charge in [0.1, 0.15) is 5.76 Å². The van der Waals surface area contributed by atoms with Crippen LogP contribution in [-0.2, 0) is 6.54 Å². The van der Waals surface area contributed by atoms with Crippen molar-refractivity contribution in [2.45, 2.75) is 6.54 Å². The third-order valence-electron chi connectivity index (χ3n) is 2.73. The van der Waals surface area contributed by atoms with Crippen LogP contribution in [0.15, 0.2) is 57.7 Å². The van der Waals surface area contributed by atoms with E-state index in [-0.39, 0.29) is 0 Å². The fourth-order valence-electron chi connectivity index (χ4n) is 1.89. The van der Waals surface area contributed by atoms with Crippen LogP contribution in [0.25, 0.3) is 10.9 Å². The van der Waals surface area contributed by atoms with Gasteiger partial charge >= 0.3 is 0 Å². The predicted molar refractivity (Wildman–Crippen MR) is 75.5 cm³/mol. The Hall–Kier alpha value is -1.81. The maximum atomic E-state index is 5.46. The van der Waals surface area contributed by atoms with Gasteiger partial charge in [0.05, 0.1) is 12.1 Å². The zero-order valence-electron chi connectivity index (χ0n) is 9.56. The summed E-state index contributed by atoms with van der Waals surface area (Å²) in [6, 6.07) is 13.9. The van der Waals surface area contributed by atoms with Crippen molar-refractivity contribution in [3.63, 3.8) is 0 Å². The number of pyridine rings is 1. The summed E-state index contributed by atoms with van der Waals surface area (Å²) >= 11 is 3.29. The molecule has 0 unspecified atom stereocenters. The summed E-state index contributed by atoms with van der Waals surface area (Å²) in [5.74, 6) is 0.891. The average molecular weight is 303 g/mol. The number of nitrogens with one attached hydrogen (secondary N) is 1. The molecule has 0 radical (unpaired) electrons. The zero-order chi connectivity index (χ0) is 12.4. The molecule has 2 aromatic heterocycles. The molecule has 4 heteroatoms. The Morgan fingerprint density at radius 2 is 2.06 bits per heavy atom. The molecule has 1 N–H and O–H groups in total. The Labute approximate surface area is 113 Å². The van der Waals surface area contributed by atoms with Crippen molar-refractivity contribution in [3.05, 3.63) is 59.1 Å². The van der Waals surface area contributed by atoms with Crippen LogP contribution >= 0.6 is 15.9 Å². The van der Waals surface area contributed by atoms with Crippen LogP contribution in [0.3, 0.4) is 0 Å². The van der Waals surface area contributed by atoms with E-state index < -0.39 is 0 Å². The maximum absolute atomic E-state index is 5.46. The number of anilines is 1. The second kappa shape index (κ2) is 4.82. The van der Waals surface area contributed by atoms with Crippen molar-refractivity contribution >= 4 is 32.5 Å². The van der Waals surface area contributed by atoms with Crippen molar-refractivity contribution in [2.24, 2.45) is 0 Å². The standard InChI is InChI=1S/C14H11BrN2O/c15-14-7-6-10(18-14)9-17-13-5-1-4-12-11(13)3-2-8-16-12/h1-8,17H,9H2. The highest BCUT2D eigenvalue weighted by Crippen LogP contribution is 2.22. The first-order valence-corrected chi connectivity index (χ1v) is 6.44. The predicted octanol–water partition coefficient (Wildman–Crippen LogP) is 4.20. The van der Waals surface area contributed by atoms with Gasteiger partial charge in [0.2, 0.25) is 0 Å². The molecule has 0 spiro atoms. The van der Waals surface area contributed by atoms with E-state index in [1.165, 1.54) is 0 Å². The summed E-state index contributed by atoms with van der Waals surface area (Å²) in [7, 11) is 0. The van der Waals surface area contributed by atoms with E-state index in [4.69, 9.17) is 4.42 Å². The molecule has 0 amide bonds. The topological polar surface area (TPSA) is 38.1 Å². The summed E-state index contributed by atoms with van der Waals surface area (Å²) in [6.07, 6.45) is 1.80. The minimum absolute atomic E-state index is 0.652. The van der Waals surface area contributed by atoms with Gasteiger partial charge in [0.15, 0.2) is 4.67 Å². The molecule has 0 fully saturated rings. The van der Waals surface area contributed by atoms with E-state index in [1.807, 2.05) is 36.4 Å². The van der Waals surface area contributed by atoms with Crippen LogP contribution in [0.5, 0.6) is 0 Å². The van der Waals surface area contributed by atoms with E-state index in [2.05, 4.69) is 32.3 Å². The molecule has 3 rings (SSSR count). The first-order chi connectivity index (χ1) is 8.83. The molecule has 0 aliphatic rings. The summed E-state index contributed by atoms with van der Waals surface area (Å²) < 4.78 is 6.20. The van der Waals surface area contributed by atoms with Crippen LogP contribution in [0.4, 0.5) is 5.69 Å². The Morgan fingerprint density at radius 3 is 2.89 bits per heavy atom. The molecule has 90 valence electrons. The number of nitrogens with zero attached hydrogens (tertiary/aromatic N) is 1. The normalized spacial score (nSPS) is 10.7. The number of benzene rings is 1. The lowest BCUT2D eigenvalue weighted by atomic mass is 10.2. The quantitative estimate of drug-likeness (QED) is 0.788. The number of hydrogen-bond acceptors (Lipinski definition) is 3. The SMILES string of the molecule is Brc1ccc(CNc2cccc3ncccc23)o1. The number of rotatable bonds is 3. The Bertz CT molecular complexity index is 673. The first-order valence-electron chi connectivity index (χ1n) is 5.65. The van der Waals surface area contributed by atoms with Gasteiger partial charge in [-0.15, -0.1) is 0 Å². The zero-order valence-corrected chi connectivity index (χ0v) is 11.1. The second-order valence-electron chi connectivity index (χ2n) is 3.94. The van der Waals surface area contributed by atoms with Gasteiger partial charge < -0.3 is 9.73 Å². The fourth-order valence-corrected chi connectivity index (χ4v) is 2.23. The number of fused-ring (bicyclic) bond motifs is 1. The smallest absolute Gasteiger partial charge is 0.169 e. The minimum Gasteiger partial charge on any atom is -0.452 e. The third kappa shape index (κ3) is 2.24. The van der Waals surface area contributed by atoms with E-state index in [0.717, 1.165) is 27.0 Å². The summed E-state index contributed by atoms with van der Waals surface area (Å²) in [5.41, 5.74) is 2.05. The summed E-state index contributed by atoms with van der Waals surface area (Å²) in [6.45, 7) is 0.652. The second-order valence-corrected chi connectivity index (χ2v) is 4.72. The van der Waals surface area contributed by atoms with E-state index in [0.29, 0.717) is 6.54 Å². The highest BCUT2D eigenvalue weighted by molar-refractivity contribution is 9.10. The van der Waals surface area contributed by atoms with Crippen LogP contribution in [0.2, 0.25) is 0 Å². The Kier molecular flexibility index (Phi) is 3.02. The average Bonchev–Trinajstić information content (AvgIpc) is 2.82. The fraction of sp³-hybridized carbons (Fsp3) is 0.0714. The van der Waals surface area contributed by atoms with E-state index in [9.17, 15) is 0 Å². The molecule has 0 aliphatic heterocycles. The van der Waals surface area contributed by atoms with Crippen LogP contribution in [-0.4, -0.2) is 4.98 Å². The summed E-state index contributed by atoms with van der Waals surface area (Å²) in [5, 5.41) is 4.48. The molecular weight excluding hydrogens is 292 g/mol. The van der Waals surface area contributed by atoms with Gasteiger partial charge in [-0.1, -0.05) is 6.07 Å². The first kappa shape index (κ1) is 11.3. The van der Waals surface area contributed by atoms with Crippen LogP contribution < -0.4 is 5.32 Å². The Balaban J connectivity index is 1.86. The van der Waals surface area contributed by atoms with Crippen molar-refractivity contribution < 1.29 is 4.42 Å². The monoisotopic (exact) mass is 302 g/mol. The largest absolute Gasteiger partial charge is 0.452 e. The molecular formula is C14H11BrN2O. The van der Waals surface area contributed by atoms with Crippen LogP contribution in [0, 0.1) is 0 Å². The van der Waals surface area contributed by atoms with Crippen molar-refractivity contribution in [3.8, 4) is 0 Å². The minimum atomic E-state index is 0.652. The van der Waals surface area contributed by atoms with Crippen molar-refractivity contribution in [1.29, 1.82) is 0 Å². The summed E-state index contributed by atoms with van der Waals surface area (Å²) in [4.78, 5) is 4.33. The Morgan fingerprint density at radius 1 is 1.11 bits per heavy atom. The lowest BCUT2D eigenvalue weighted by Gasteiger charge is -2.07. The highest BCUT2D eigenvalue weighted by atomic mass is 79.9. The number of furan rings is 1. The molecule has 1 aromatic carbocycles. The van der Waals surface area contributed by atoms with Gasteiger partial charge in [-0.25, -0.2) is 0 Å². The van der Waals surface area contributed by atoms with Crippen molar-refractivity contribution in [1.82, 2.24) is 4.98 Å². The van der Waals surface area contributed by atoms with Gasteiger partial charge in [0, 0.05) is 17.3 Å². The lowest BCUT2D eigenvalue weighted by Crippen LogP contribution is -1.98. The molecule has 0 saturated heterocycles. The molecule has 0 aliphatic carbocycles. The molecule has 2 heterocycles. The number of halogens is 1. The molecule has 18 heavy (non-hydrogen) atoms. The molecule has 3 aromatic rings. The number of aromatic nitrogens is 1. The highest BCUT2D eigenvalue weighted by Gasteiger charge is 2.02. The van der Waals surface area contributed by atoms with Crippen LogP contribution in [0.1, 0.15) is 5.76 Å². The maximum Gasteiger partial charge on any atom is 0.169 e. The molecule has 3 nitrogen and oxygen atoms in total. The van der Waals surface area contributed by atoms with Gasteiger partial charge in [-0.3, -0.25) is 4.98 Å². The van der Waals surface area contributed by atoms with E-state index in [1.54, 1.807) is 6.20 Å². The van der Waals surface area contributed by atoms with Crippen molar-refractivity contribution in [2.75, 3.05) is 5.32 Å². The molecule has 0 saturated carbocycles. The molecule has 0 bridgehead atoms. The number of hydrogen-bond donors (Lipinski definition) is 1. The van der Waals surface area contributed by atoms with Gasteiger partial charge in [0.25, 0.3) is 0 Å². The lowest BCUT2D eigenvalue weighted by molar-refractivity contribution is 0.495.